The molecule has 6 heteroatoms. The molecule has 0 aromatic carbocycles. The fourth-order valence-corrected chi connectivity index (χ4v) is 4.42. The largest absolute Gasteiger partial charge is 0.410 e. The van der Waals surface area contributed by atoms with E-state index in [0.29, 0.717) is 14.5 Å². The fraction of sp³-hybridized carbons (Fsp3) is 0.667. The van der Waals surface area contributed by atoms with E-state index in [1.54, 1.807) is 0 Å². The molecule has 1 saturated heterocycles. The van der Waals surface area contributed by atoms with Gasteiger partial charge in [0, 0.05) is 10.8 Å². The van der Waals surface area contributed by atoms with Crippen molar-refractivity contribution in [1.82, 2.24) is 0 Å². The van der Waals surface area contributed by atoms with Crippen LogP contribution in [0.15, 0.2) is 5.16 Å². The van der Waals surface area contributed by atoms with Crippen molar-refractivity contribution in [3.05, 3.63) is 0 Å². The highest BCUT2D eigenvalue weighted by atomic mass is 32.3. The van der Waals surface area contributed by atoms with Gasteiger partial charge in [-0.15, -0.1) is 0 Å². The third-order valence-corrected chi connectivity index (χ3v) is 5.12. The molecular weight excluding hydrogens is 178 g/mol. The molecule has 0 aliphatic carbocycles. The van der Waals surface area contributed by atoms with Crippen molar-refractivity contribution in [2.75, 3.05) is 10.2 Å². The molecule has 1 N–H and O–H groups in total. The smallest absolute Gasteiger partial charge is 0.171 e. The molecule has 52 valence electrons. The Morgan fingerprint density at radius 3 is 2.56 bits per heavy atom. The van der Waals surface area contributed by atoms with Gasteiger partial charge in [-0.1, -0.05) is 28.7 Å². The molecule has 0 saturated carbocycles. The van der Waals surface area contributed by atoms with E-state index >= 15 is 0 Å². The summed E-state index contributed by atoms with van der Waals surface area (Å²) < 4.78 is 11.3. The number of thioether (sulfide) groups is 2. The number of rotatable bonds is 0. The molecule has 0 amide bonds. The summed E-state index contributed by atoms with van der Waals surface area (Å²) in [6.07, 6.45) is 0. The molecule has 0 atom stereocenters. The van der Waals surface area contributed by atoms with Crippen LogP contribution in [0, 0.1) is 0 Å². The van der Waals surface area contributed by atoms with Gasteiger partial charge >= 0.3 is 0 Å². The lowest BCUT2D eigenvalue weighted by Crippen LogP contribution is -2.06. The minimum Gasteiger partial charge on any atom is -0.410 e. The van der Waals surface area contributed by atoms with Crippen molar-refractivity contribution < 1.29 is 9.42 Å². The molecule has 3 nitrogen and oxygen atoms in total. The summed E-state index contributed by atoms with van der Waals surface area (Å²) in [5.74, 6) is 0. The van der Waals surface area contributed by atoms with Gasteiger partial charge in [0.25, 0.3) is 0 Å². The lowest BCUT2D eigenvalue weighted by atomic mass is 11.7. The van der Waals surface area contributed by atoms with Crippen molar-refractivity contribution in [1.29, 1.82) is 0 Å². The van der Waals surface area contributed by atoms with E-state index in [1.165, 1.54) is 23.5 Å². The van der Waals surface area contributed by atoms with Crippen molar-refractivity contribution >= 4 is 38.7 Å². The van der Waals surface area contributed by atoms with E-state index < -0.39 is 10.8 Å². The summed E-state index contributed by atoms with van der Waals surface area (Å²) >= 11 is 2.67. The van der Waals surface area contributed by atoms with Crippen LogP contribution in [0.4, 0.5) is 0 Å². The van der Waals surface area contributed by atoms with Gasteiger partial charge in [0.1, 0.15) is 0 Å². The first kappa shape index (κ1) is 7.43. The summed E-state index contributed by atoms with van der Waals surface area (Å²) in [4.78, 5) is 0. The summed E-state index contributed by atoms with van der Waals surface area (Å²) in [6.45, 7) is 0. The lowest BCUT2D eigenvalue weighted by Gasteiger charge is -2.08. The van der Waals surface area contributed by atoms with Gasteiger partial charge in [-0.25, -0.2) is 0 Å². The van der Waals surface area contributed by atoms with E-state index in [1.807, 2.05) is 0 Å². The summed E-state index contributed by atoms with van der Waals surface area (Å²) in [7, 11) is -0.729. The average Bonchev–Trinajstić information content (AvgIpc) is 1.90. The monoisotopic (exact) mass is 183 g/mol. The predicted molar refractivity (Wildman–Crippen MR) is 42.3 cm³/mol. The standard InChI is InChI=1S/C3H5NO2S3/c5-4-3-7-1-9(6)2-8-3/h5H,1-2H2. The summed E-state index contributed by atoms with van der Waals surface area (Å²) in [5.41, 5.74) is 0. The van der Waals surface area contributed by atoms with Gasteiger partial charge in [-0.2, -0.15) is 0 Å². The third kappa shape index (κ3) is 2.19. The zero-order valence-electron chi connectivity index (χ0n) is 4.44. The molecular formula is C3H5NO2S3. The molecule has 1 rings (SSSR count). The fourth-order valence-electron chi connectivity index (χ4n) is 0.366. The Morgan fingerprint density at radius 2 is 2.11 bits per heavy atom. The van der Waals surface area contributed by atoms with E-state index in [9.17, 15) is 4.21 Å². The first-order chi connectivity index (χ1) is 4.33. The predicted octanol–water partition coefficient (Wildman–Crippen LogP) is 0.875. The molecule has 0 aromatic rings. The van der Waals surface area contributed by atoms with Gasteiger partial charge in [0.15, 0.2) is 4.38 Å². The molecule has 1 aliphatic heterocycles. The number of oxime groups is 1. The van der Waals surface area contributed by atoms with Gasteiger partial charge in [-0.3, -0.25) is 4.21 Å². The van der Waals surface area contributed by atoms with Crippen LogP contribution in [0.5, 0.6) is 0 Å². The molecule has 0 radical (unpaired) electrons. The molecule has 9 heavy (non-hydrogen) atoms. The van der Waals surface area contributed by atoms with Gasteiger partial charge in [0.05, 0.1) is 10.2 Å². The van der Waals surface area contributed by atoms with Crippen LogP contribution in [0.3, 0.4) is 0 Å². The highest BCUT2D eigenvalue weighted by Crippen LogP contribution is 2.24. The van der Waals surface area contributed by atoms with Crippen molar-refractivity contribution in [2.24, 2.45) is 5.16 Å². The Kier molecular flexibility index (Phi) is 2.87. The van der Waals surface area contributed by atoms with E-state index in [2.05, 4.69) is 5.16 Å². The maximum absolute atomic E-state index is 10.7. The third-order valence-electron chi connectivity index (χ3n) is 0.709. The average molecular weight is 183 g/mol. The maximum Gasteiger partial charge on any atom is 0.171 e. The quantitative estimate of drug-likeness (QED) is 0.447. The van der Waals surface area contributed by atoms with Crippen LogP contribution < -0.4 is 0 Å². The molecule has 1 fully saturated rings. The molecule has 0 aromatic heterocycles. The van der Waals surface area contributed by atoms with Crippen LogP contribution in [0.2, 0.25) is 0 Å². The number of hydrogen-bond donors (Lipinski definition) is 1. The van der Waals surface area contributed by atoms with Crippen molar-refractivity contribution in [2.45, 2.75) is 0 Å². The van der Waals surface area contributed by atoms with Gasteiger partial charge in [-0.05, 0) is 0 Å². The molecule has 0 bridgehead atoms. The molecule has 0 spiro atoms. The number of nitrogens with zero attached hydrogens (tertiary/aromatic N) is 1. The summed E-state index contributed by atoms with van der Waals surface area (Å²) in [5, 5.41) is 12.3. The zero-order chi connectivity index (χ0) is 6.69. The maximum atomic E-state index is 10.7. The van der Waals surface area contributed by atoms with Crippen LogP contribution in [-0.2, 0) is 10.8 Å². The Bertz CT molecular complexity index is 145. The highest BCUT2D eigenvalue weighted by Gasteiger charge is 2.13. The van der Waals surface area contributed by atoms with E-state index in [4.69, 9.17) is 5.21 Å². The van der Waals surface area contributed by atoms with E-state index in [-0.39, 0.29) is 0 Å². The second-order valence-electron chi connectivity index (χ2n) is 1.33. The van der Waals surface area contributed by atoms with Crippen LogP contribution in [0.1, 0.15) is 0 Å². The first-order valence-corrected chi connectivity index (χ1v) is 5.61. The Labute approximate surface area is 63.7 Å². The minimum absolute atomic E-state index is 0.562. The molecule has 0 unspecified atom stereocenters. The van der Waals surface area contributed by atoms with Crippen LogP contribution in [0.25, 0.3) is 0 Å². The number of hydrogen-bond acceptors (Lipinski definition) is 5. The lowest BCUT2D eigenvalue weighted by molar-refractivity contribution is 0.322. The Morgan fingerprint density at radius 1 is 1.56 bits per heavy atom. The SMILES string of the molecule is O=S1CSC(=NO)SC1. The van der Waals surface area contributed by atoms with Crippen LogP contribution in [-0.4, -0.2) is 24.0 Å². The topological polar surface area (TPSA) is 49.7 Å². The van der Waals surface area contributed by atoms with E-state index in [0.717, 1.165) is 0 Å². The highest BCUT2D eigenvalue weighted by molar-refractivity contribution is 8.46. The Hall–Kier alpha value is 0.320. The van der Waals surface area contributed by atoms with Crippen molar-refractivity contribution in [3.63, 3.8) is 0 Å². The molecule has 1 aliphatic rings. The normalized spacial score (nSPS) is 28.0. The van der Waals surface area contributed by atoms with Crippen LogP contribution >= 0.6 is 23.5 Å². The zero-order valence-corrected chi connectivity index (χ0v) is 6.89. The second-order valence-corrected chi connectivity index (χ2v) is 5.70. The first-order valence-electron chi connectivity index (χ1n) is 2.15. The minimum atomic E-state index is -0.729. The van der Waals surface area contributed by atoms with Crippen molar-refractivity contribution in [3.8, 4) is 0 Å². The summed E-state index contributed by atoms with van der Waals surface area (Å²) in [6, 6.07) is 0. The Balaban J connectivity index is 2.44. The second kappa shape index (κ2) is 3.48. The molecule has 1 heterocycles. The van der Waals surface area contributed by atoms with Gasteiger partial charge < -0.3 is 5.21 Å². The van der Waals surface area contributed by atoms with Gasteiger partial charge in [0.2, 0.25) is 0 Å².